The van der Waals surface area contributed by atoms with Gasteiger partial charge in [-0.1, -0.05) is 26.0 Å². The summed E-state index contributed by atoms with van der Waals surface area (Å²) in [7, 11) is 0. The van der Waals surface area contributed by atoms with Crippen molar-refractivity contribution in [3.63, 3.8) is 0 Å². The summed E-state index contributed by atoms with van der Waals surface area (Å²) in [5, 5.41) is 0. The van der Waals surface area contributed by atoms with Crippen LogP contribution in [0.4, 0.5) is 0 Å². The molecule has 0 heterocycles. The quantitative estimate of drug-likeness (QED) is 0.685. The molecule has 17 heavy (non-hydrogen) atoms. The number of allylic oxidation sites excluding steroid dienone is 2. The van der Waals surface area contributed by atoms with Gasteiger partial charge in [0.05, 0.1) is 0 Å². The number of ketones is 3. The van der Waals surface area contributed by atoms with Crippen molar-refractivity contribution in [2.75, 3.05) is 0 Å². The number of carbonyl (C=O) groups is 3. The highest BCUT2D eigenvalue weighted by Gasteiger charge is 2.57. The average Bonchev–Trinajstić information content (AvgIpc) is 2.23. The summed E-state index contributed by atoms with van der Waals surface area (Å²) in [4.78, 5) is 35.8. The molecular weight excluding hydrogens is 216 g/mol. The molecule has 3 nitrogen and oxygen atoms in total. The topological polar surface area (TPSA) is 51.2 Å². The number of Topliss-reactive ketones (excluding diaryl/α,β-unsaturated/α-hetero) is 3. The molecule has 3 heteroatoms. The first-order valence-electron chi connectivity index (χ1n) is 6.02. The predicted octanol–water partition coefficient (Wildman–Crippen LogP) is 1.81. The Hall–Kier alpha value is -1.25. The van der Waals surface area contributed by atoms with E-state index < -0.39 is 17.3 Å². The van der Waals surface area contributed by atoms with Gasteiger partial charge in [-0.05, 0) is 19.8 Å². The molecule has 92 valence electrons. The van der Waals surface area contributed by atoms with E-state index in [1.807, 2.05) is 26.0 Å². The number of hydrogen-bond donors (Lipinski definition) is 0. The second-order valence-corrected chi connectivity index (χ2v) is 5.80. The molecule has 0 aliphatic heterocycles. The minimum absolute atomic E-state index is 0.0186. The largest absolute Gasteiger partial charge is 0.300 e. The van der Waals surface area contributed by atoms with Gasteiger partial charge in [0.2, 0.25) is 0 Å². The van der Waals surface area contributed by atoms with Gasteiger partial charge in [0.25, 0.3) is 0 Å². The molecule has 1 saturated carbocycles. The second-order valence-electron chi connectivity index (χ2n) is 5.80. The van der Waals surface area contributed by atoms with Crippen LogP contribution in [0.2, 0.25) is 0 Å². The Bertz CT molecular complexity index is 431. The van der Waals surface area contributed by atoms with Gasteiger partial charge in [-0.2, -0.15) is 0 Å². The number of fused-ring (bicyclic) bond motifs is 2. The van der Waals surface area contributed by atoms with Crippen molar-refractivity contribution in [1.29, 1.82) is 0 Å². The fourth-order valence-corrected chi connectivity index (χ4v) is 3.47. The van der Waals surface area contributed by atoms with E-state index in [2.05, 4.69) is 0 Å². The second kappa shape index (κ2) is 3.62. The molecule has 3 aliphatic rings. The van der Waals surface area contributed by atoms with Crippen LogP contribution in [0, 0.1) is 29.1 Å². The zero-order chi connectivity index (χ0) is 13.0. The van der Waals surface area contributed by atoms with E-state index in [0.29, 0.717) is 0 Å². The van der Waals surface area contributed by atoms with Crippen molar-refractivity contribution in [2.24, 2.45) is 29.1 Å². The maximum Gasteiger partial charge on any atom is 0.146 e. The van der Waals surface area contributed by atoms with E-state index in [-0.39, 0.29) is 29.2 Å². The highest BCUT2D eigenvalue weighted by molar-refractivity contribution is 6.00. The normalized spacial score (nSPS) is 38.2. The summed E-state index contributed by atoms with van der Waals surface area (Å²) < 4.78 is 0. The van der Waals surface area contributed by atoms with Gasteiger partial charge in [-0.15, -0.1) is 0 Å². The van der Waals surface area contributed by atoms with E-state index >= 15 is 0 Å². The van der Waals surface area contributed by atoms with E-state index in [1.165, 1.54) is 13.8 Å². The van der Waals surface area contributed by atoms with Gasteiger partial charge >= 0.3 is 0 Å². The molecule has 1 fully saturated rings. The number of carbonyl (C=O) groups excluding carboxylic acids is 3. The third-order valence-electron chi connectivity index (χ3n) is 4.40. The van der Waals surface area contributed by atoms with E-state index in [4.69, 9.17) is 0 Å². The van der Waals surface area contributed by atoms with Gasteiger partial charge < -0.3 is 0 Å². The summed E-state index contributed by atoms with van der Waals surface area (Å²) in [6, 6.07) is 0. The van der Waals surface area contributed by atoms with Gasteiger partial charge in [0.1, 0.15) is 17.3 Å². The molecule has 2 bridgehead atoms. The standard InChI is InChI=1S/C14H18O3/c1-7(15)11-9-5-6-10(12(11)8(2)16)14(3,4)13(9)17/h5-6,9-12H,1-4H3. The van der Waals surface area contributed by atoms with Crippen LogP contribution in [0.5, 0.6) is 0 Å². The lowest BCUT2D eigenvalue weighted by Gasteiger charge is -2.50. The Kier molecular flexibility index (Phi) is 2.60. The molecule has 0 N–H and O–H groups in total. The Morgan fingerprint density at radius 1 is 1.06 bits per heavy atom. The predicted molar refractivity (Wildman–Crippen MR) is 63.3 cm³/mol. The molecule has 0 radical (unpaired) electrons. The van der Waals surface area contributed by atoms with Crippen molar-refractivity contribution in [1.82, 2.24) is 0 Å². The first-order valence-corrected chi connectivity index (χ1v) is 6.02. The Morgan fingerprint density at radius 3 is 2.06 bits per heavy atom. The van der Waals surface area contributed by atoms with Crippen LogP contribution < -0.4 is 0 Å². The van der Waals surface area contributed by atoms with Crippen molar-refractivity contribution >= 4 is 17.3 Å². The van der Waals surface area contributed by atoms with Crippen molar-refractivity contribution in [2.45, 2.75) is 27.7 Å². The zero-order valence-corrected chi connectivity index (χ0v) is 10.7. The summed E-state index contributed by atoms with van der Waals surface area (Å²) >= 11 is 0. The molecule has 3 aliphatic carbocycles. The van der Waals surface area contributed by atoms with E-state index in [9.17, 15) is 14.4 Å². The van der Waals surface area contributed by atoms with Crippen LogP contribution in [-0.2, 0) is 14.4 Å². The first-order chi connectivity index (χ1) is 7.78. The lowest BCUT2D eigenvalue weighted by molar-refractivity contribution is -0.153. The van der Waals surface area contributed by atoms with E-state index in [1.54, 1.807) is 0 Å². The van der Waals surface area contributed by atoms with Crippen LogP contribution in [0.15, 0.2) is 12.2 Å². The summed E-state index contributed by atoms with van der Waals surface area (Å²) in [6.45, 7) is 6.76. The van der Waals surface area contributed by atoms with E-state index in [0.717, 1.165) is 0 Å². The molecule has 0 spiro atoms. The van der Waals surface area contributed by atoms with Crippen LogP contribution >= 0.6 is 0 Å². The fraction of sp³-hybridized carbons (Fsp3) is 0.643. The van der Waals surface area contributed by atoms with Gasteiger partial charge in [-0.25, -0.2) is 0 Å². The van der Waals surface area contributed by atoms with Crippen molar-refractivity contribution in [3.8, 4) is 0 Å². The van der Waals surface area contributed by atoms with Crippen molar-refractivity contribution < 1.29 is 14.4 Å². The van der Waals surface area contributed by atoms with Crippen molar-refractivity contribution in [3.05, 3.63) is 12.2 Å². The highest BCUT2D eigenvalue weighted by Crippen LogP contribution is 2.52. The third-order valence-corrected chi connectivity index (χ3v) is 4.40. The number of rotatable bonds is 2. The average molecular weight is 234 g/mol. The van der Waals surface area contributed by atoms with Gasteiger partial charge in [-0.3, -0.25) is 14.4 Å². The van der Waals surface area contributed by atoms with Crippen LogP contribution in [0.3, 0.4) is 0 Å². The highest BCUT2D eigenvalue weighted by atomic mass is 16.1. The molecule has 0 aromatic rings. The Labute approximate surface area is 101 Å². The minimum Gasteiger partial charge on any atom is -0.300 e. The molecule has 4 unspecified atom stereocenters. The maximum absolute atomic E-state index is 12.3. The molecule has 0 aromatic heterocycles. The maximum atomic E-state index is 12.3. The monoisotopic (exact) mass is 234 g/mol. The van der Waals surface area contributed by atoms with Crippen LogP contribution in [0.1, 0.15) is 27.7 Å². The first kappa shape index (κ1) is 12.2. The molecule has 0 saturated heterocycles. The molecular formula is C14H18O3. The summed E-state index contributed by atoms with van der Waals surface area (Å²) in [5.74, 6) is -1.23. The molecule has 0 aromatic carbocycles. The Balaban J connectivity index is 2.54. The minimum atomic E-state index is -0.526. The smallest absolute Gasteiger partial charge is 0.146 e. The molecule has 4 atom stereocenters. The molecule has 3 rings (SSSR count). The molecule has 0 amide bonds. The van der Waals surface area contributed by atoms with Crippen LogP contribution in [-0.4, -0.2) is 17.3 Å². The lowest BCUT2D eigenvalue weighted by atomic mass is 9.50. The van der Waals surface area contributed by atoms with Crippen LogP contribution in [0.25, 0.3) is 0 Å². The van der Waals surface area contributed by atoms with Gasteiger partial charge in [0.15, 0.2) is 0 Å². The van der Waals surface area contributed by atoms with Gasteiger partial charge in [0, 0.05) is 23.2 Å². The summed E-state index contributed by atoms with van der Waals surface area (Å²) in [5.41, 5.74) is -0.526. The number of hydrogen-bond acceptors (Lipinski definition) is 3. The zero-order valence-electron chi connectivity index (χ0n) is 10.7. The third kappa shape index (κ3) is 1.52. The lowest BCUT2D eigenvalue weighted by Crippen LogP contribution is -2.57. The fourth-order valence-electron chi connectivity index (χ4n) is 3.47. The Morgan fingerprint density at radius 2 is 1.59 bits per heavy atom. The summed E-state index contributed by atoms with van der Waals surface area (Å²) in [6.07, 6.45) is 3.78. The SMILES string of the molecule is CC(=O)C1C2C=CC(C1C(C)=O)C(C)(C)C2=O.